The molecule has 0 saturated heterocycles. The van der Waals surface area contributed by atoms with E-state index in [1.54, 1.807) is 13.2 Å². The molecule has 2 aromatic carbocycles. The van der Waals surface area contributed by atoms with E-state index in [1.807, 2.05) is 55.5 Å². The van der Waals surface area contributed by atoms with Crippen LogP contribution in [0, 0.1) is 0 Å². The molecule has 2 amide bonds. The van der Waals surface area contributed by atoms with E-state index in [-0.39, 0.29) is 12.6 Å². The lowest BCUT2D eigenvalue weighted by atomic mass is 10.1. The molecule has 0 fully saturated rings. The van der Waals surface area contributed by atoms with Crippen LogP contribution in [0.2, 0.25) is 0 Å². The molecule has 5 heteroatoms. The van der Waals surface area contributed by atoms with Crippen molar-refractivity contribution in [1.82, 2.24) is 10.6 Å². The van der Waals surface area contributed by atoms with Crippen LogP contribution in [0.3, 0.4) is 0 Å². The van der Waals surface area contributed by atoms with E-state index in [2.05, 4.69) is 10.6 Å². The number of methoxy groups -OCH3 is 1. The lowest BCUT2D eigenvalue weighted by molar-refractivity contribution is -0.139. The molecule has 0 aliphatic rings. The molecule has 0 unspecified atom stereocenters. The van der Waals surface area contributed by atoms with E-state index in [9.17, 15) is 9.59 Å². The van der Waals surface area contributed by atoms with Gasteiger partial charge in [-0.05, 0) is 18.6 Å². The van der Waals surface area contributed by atoms with E-state index >= 15 is 0 Å². The molecule has 2 N–H and O–H groups in total. The highest BCUT2D eigenvalue weighted by Crippen LogP contribution is 2.16. The van der Waals surface area contributed by atoms with Gasteiger partial charge >= 0.3 is 11.8 Å². The third-order valence-corrected chi connectivity index (χ3v) is 3.49. The molecule has 0 aliphatic heterocycles. The van der Waals surface area contributed by atoms with Crippen molar-refractivity contribution in [2.24, 2.45) is 0 Å². The van der Waals surface area contributed by atoms with Crippen molar-refractivity contribution in [2.75, 3.05) is 7.11 Å². The summed E-state index contributed by atoms with van der Waals surface area (Å²) in [5, 5.41) is 5.28. The Labute approximate surface area is 135 Å². The van der Waals surface area contributed by atoms with Crippen LogP contribution < -0.4 is 15.4 Å². The van der Waals surface area contributed by atoms with E-state index in [0.717, 1.165) is 11.1 Å². The minimum absolute atomic E-state index is 0.232. The van der Waals surface area contributed by atoms with Gasteiger partial charge in [0.1, 0.15) is 5.75 Å². The number of carbonyl (C=O) groups excluding carboxylic acids is 2. The first-order chi connectivity index (χ1) is 11.1. The summed E-state index contributed by atoms with van der Waals surface area (Å²) in [6.45, 7) is 2.07. The molecule has 0 aromatic heterocycles. The lowest BCUT2D eigenvalue weighted by Gasteiger charge is -2.14. The number of para-hydroxylation sites is 1. The second-order valence-electron chi connectivity index (χ2n) is 5.10. The van der Waals surface area contributed by atoms with Crippen LogP contribution in [0.5, 0.6) is 5.75 Å². The van der Waals surface area contributed by atoms with Gasteiger partial charge in [-0.15, -0.1) is 0 Å². The summed E-state index contributed by atoms with van der Waals surface area (Å²) < 4.78 is 5.21. The van der Waals surface area contributed by atoms with Gasteiger partial charge in [0, 0.05) is 12.1 Å². The molecule has 0 saturated carbocycles. The van der Waals surface area contributed by atoms with Gasteiger partial charge in [0.05, 0.1) is 13.2 Å². The van der Waals surface area contributed by atoms with Gasteiger partial charge in [-0.3, -0.25) is 9.59 Å². The zero-order chi connectivity index (χ0) is 16.7. The first-order valence-corrected chi connectivity index (χ1v) is 7.37. The molecule has 0 radical (unpaired) electrons. The average molecular weight is 312 g/mol. The standard InChI is InChI=1S/C18H20N2O3/c1-13(14-8-4-3-5-9-14)20-18(22)17(21)19-12-15-10-6-7-11-16(15)23-2/h3-11,13H,12H2,1-2H3,(H,19,21)(H,20,22)/t13-/m1/s1. The fourth-order valence-corrected chi connectivity index (χ4v) is 2.19. The highest BCUT2D eigenvalue weighted by molar-refractivity contribution is 6.35. The van der Waals surface area contributed by atoms with E-state index in [1.165, 1.54) is 0 Å². The summed E-state index contributed by atoms with van der Waals surface area (Å²) in [7, 11) is 1.56. The van der Waals surface area contributed by atoms with Crippen LogP contribution in [-0.2, 0) is 16.1 Å². The Hall–Kier alpha value is -2.82. The highest BCUT2D eigenvalue weighted by atomic mass is 16.5. The number of hydrogen-bond donors (Lipinski definition) is 2. The van der Waals surface area contributed by atoms with Crippen LogP contribution in [0.15, 0.2) is 54.6 Å². The van der Waals surface area contributed by atoms with E-state index < -0.39 is 11.8 Å². The summed E-state index contributed by atoms with van der Waals surface area (Å²) >= 11 is 0. The zero-order valence-electron chi connectivity index (χ0n) is 13.2. The second-order valence-corrected chi connectivity index (χ2v) is 5.10. The van der Waals surface area contributed by atoms with Crippen LogP contribution in [0.25, 0.3) is 0 Å². The smallest absolute Gasteiger partial charge is 0.309 e. The van der Waals surface area contributed by atoms with Crippen molar-refractivity contribution < 1.29 is 14.3 Å². The van der Waals surface area contributed by atoms with Crippen molar-refractivity contribution in [3.63, 3.8) is 0 Å². The van der Waals surface area contributed by atoms with Gasteiger partial charge in [0.2, 0.25) is 0 Å². The van der Waals surface area contributed by atoms with Gasteiger partial charge < -0.3 is 15.4 Å². The minimum Gasteiger partial charge on any atom is -0.496 e. The summed E-state index contributed by atoms with van der Waals surface area (Å²) in [5.41, 5.74) is 1.76. The first-order valence-electron chi connectivity index (χ1n) is 7.37. The molecule has 120 valence electrons. The van der Waals surface area contributed by atoms with E-state index in [4.69, 9.17) is 4.74 Å². The molecule has 1 atom stereocenters. The monoisotopic (exact) mass is 312 g/mol. The van der Waals surface area contributed by atoms with Crippen molar-refractivity contribution >= 4 is 11.8 Å². The Bertz CT molecular complexity index is 671. The molecular weight excluding hydrogens is 292 g/mol. The molecular formula is C18H20N2O3. The molecule has 0 spiro atoms. The number of hydrogen-bond acceptors (Lipinski definition) is 3. The topological polar surface area (TPSA) is 67.4 Å². The van der Waals surface area contributed by atoms with E-state index in [0.29, 0.717) is 5.75 Å². The van der Waals surface area contributed by atoms with Gasteiger partial charge in [-0.2, -0.15) is 0 Å². The van der Waals surface area contributed by atoms with Gasteiger partial charge in [0.15, 0.2) is 0 Å². The van der Waals surface area contributed by atoms with Crippen molar-refractivity contribution in [2.45, 2.75) is 19.5 Å². The molecule has 2 aromatic rings. The molecule has 0 aliphatic carbocycles. The maximum Gasteiger partial charge on any atom is 0.309 e. The third-order valence-electron chi connectivity index (χ3n) is 3.49. The molecule has 23 heavy (non-hydrogen) atoms. The van der Waals surface area contributed by atoms with Gasteiger partial charge in [0.25, 0.3) is 0 Å². The number of ether oxygens (including phenoxy) is 1. The zero-order valence-corrected chi connectivity index (χ0v) is 13.2. The summed E-state index contributed by atoms with van der Waals surface area (Å²) in [6, 6.07) is 16.6. The minimum atomic E-state index is -0.668. The highest BCUT2D eigenvalue weighted by Gasteiger charge is 2.17. The third kappa shape index (κ3) is 4.57. The normalized spacial score (nSPS) is 11.4. The fourth-order valence-electron chi connectivity index (χ4n) is 2.19. The number of carbonyl (C=O) groups is 2. The Morgan fingerprint density at radius 1 is 1.00 bits per heavy atom. The van der Waals surface area contributed by atoms with Crippen LogP contribution in [-0.4, -0.2) is 18.9 Å². The fraction of sp³-hybridized carbons (Fsp3) is 0.222. The maximum absolute atomic E-state index is 11.9. The number of amides is 2. The largest absolute Gasteiger partial charge is 0.496 e. The Kier molecular flexibility index (Phi) is 5.74. The van der Waals surface area contributed by atoms with Gasteiger partial charge in [-0.1, -0.05) is 48.5 Å². The molecule has 0 bridgehead atoms. The SMILES string of the molecule is COc1ccccc1CNC(=O)C(=O)N[C@H](C)c1ccccc1. The molecule has 5 nitrogen and oxygen atoms in total. The number of benzene rings is 2. The summed E-state index contributed by atoms with van der Waals surface area (Å²) in [5.74, 6) is -0.652. The quantitative estimate of drug-likeness (QED) is 0.832. The lowest BCUT2D eigenvalue weighted by Crippen LogP contribution is -2.40. The van der Waals surface area contributed by atoms with Crippen molar-refractivity contribution in [3.8, 4) is 5.75 Å². The average Bonchev–Trinajstić information content (AvgIpc) is 2.60. The Morgan fingerprint density at radius 3 is 2.35 bits per heavy atom. The van der Waals surface area contributed by atoms with Gasteiger partial charge in [-0.25, -0.2) is 0 Å². The predicted molar refractivity (Wildman–Crippen MR) is 87.8 cm³/mol. The van der Waals surface area contributed by atoms with Crippen LogP contribution in [0.4, 0.5) is 0 Å². The summed E-state index contributed by atoms with van der Waals surface area (Å²) in [6.07, 6.45) is 0. The van der Waals surface area contributed by atoms with Crippen molar-refractivity contribution in [3.05, 3.63) is 65.7 Å². The Morgan fingerprint density at radius 2 is 1.65 bits per heavy atom. The second kappa shape index (κ2) is 7.98. The first kappa shape index (κ1) is 16.5. The molecule has 0 heterocycles. The number of rotatable bonds is 5. The summed E-state index contributed by atoms with van der Waals surface area (Å²) in [4.78, 5) is 23.9. The van der Waals surface area contributed by atoms with Crippen LogP contribution >= 0.6 is 0 Å². The molecule has 2 rings (SSSR count). The van der Waals surface area contributed by atoms with Crippen molar-refractivity contribution in [1.29, 1.82) is 0 Å². The van der Waals surface area contributed by atoms with Crippen LogP contribution in [0.1, 0.15) is 24.1 Å². The maximum atomic E-state index is 11.9. The number of nitrogens with one attached hydrogen (secondary N) is 2. The predicted octanol–water partition coefficient (Wildman–Crippen LogP) is 2.19. The Balaban J connectivity index is 1.89.